The Hall–Kier alpha value is -2.42. The summed E-state index contributed by atoms with van der Waals surface area (Å²) in [7, 11) is -1.33. The van der Waals surface area contributed by atoms with Crippen molar-refractivity contribution in [2.24, 2.45) is 4.99 Å². The molecule has 0 bridgehead atoms. The van der Waals surface area contributed by atoms with Gasteiger partial charge in [-0.05, 0) is 38.3 Å². The SMILES string of the molecule is CN=C(NCCCCN1C(=O)c2ccccc2C1=O)NC(C)CCS(C)(=O)=O. The lowest BCUT2D eigenvalue weighted by molar-refractivity contribution is 0.0652. The van der Waals surface area contributed by atoms with E-state index >= 15 is 0 Å². The van der Waals surface area contributed by atoms with E-state index in [2.05, 4.69) is 15.6 Å². The zero-order valence-corrected chi connectivity index (χ0v) is 17.4. The minimum absolute atomic E-state index is 0.0285. The standard InChI is InChI=1S/C19H28N4O4S/c1-14(10-13-28(3,26)27)22-19(20-2)21-11-6-7-12-23-17(24)15-8-4-5-9-16(15)18(23)25/h4-5,8-9,14H,6-7,10-13H2,1-3H3,(H2,20,21,22). The fraction of sp³-hybridized carbons (Fsp3) is 0.526. The Bertz CT molecular complexity index is 816. The number of aliphatic imine (C=N–C) groups is 1. The molecule has 2 N–H and O–H groups in total. The number of rotatable bonds is 9. The Labute approximate surface area is 166 Å². The highest BCUT2D eigenvalue weighted by atomic mass is 32.2. The molecule has 0 aliphatic carbocycles. The largest absolute Gasteiger partial charge is 0.356 e. The first kappa shape index (κ1) is 21.9. The van der Waals surface area contributed by atoms with Gasteiger partial charge in [0.2, 0.25) is 0 Å². The second-order valence-electron chi connectivity index (χ2n) is 6.98. The van der Waals surface area contributed by atoms with E-state index in [1.54, 1.807) is 31.3 Å². The molecule has 1 aliphatic heterocycles. The van der Waals surface area contributed by atoms with Gasteiger partial charge in [-0.3, -0.25) is 19.5 Å². The number of guanidine groups is 1. The molecule has 2 rings (SSSR count). The Balaban J connectivity index is 1.70. The van der Waals surface area contributed by atoms with Gasteiger partial charge >= 0.3 is 0 Å². The van der Waals surface area contributed by atoms with E-state index in [1.165, 1.54) is 11.2 Å². The quantitative estimate of drug-likeness (QED) is 0.274. The molecule has 0 spiro atoms. The number of sulfone groups is 1. The van der Waals surface area contributed by atoms with Crippen LogP contribution in [-0.4, -0.2) is 69.3 Å². The third kappa shape index (κ3) is 6.05. The first-order valence-corrected chi connectivity index (χ1v) is 11.4. The van der Waals surface area contributed by atoms with Crippen LogP contribution in [0.4, 0.5) is 0 Å². The van der Waals surface area contributed by atoms with Crippen LogP contribution in [0.2, 0.25) is 0 Å². The number of unbranched alkanes of at least 4 members (excludes halogenated alkanes) is 1. The fourth-order valence-corrected chi connectivity index (χ4v) is 3.72. The van der Waals surface area contributed by atoms with Crippen LogP contribution in [-0.2, 0) is 9.84 Å². The number of nitrogens with zero attached hydrogens (tertiary/aromatic N) is 2. The second kappa shape index (κ2) is 9.68. The molecule has 0 radical (unpaired) electrons. The lowest BCUT2D eigenvalue weighted by Crippen LogP contribution is -2.43. The molecule has 0 aromatic heterocycles. The number of amides is 2. The predicted molar refractivity (Wildman–Crippen MR) is 109 cm³/mol. The highest BCUT2D eigenvalue weighted by Crippen LogP contribution is 2.22. The average Bonchev–Trinajstić information content (AvgIpc) is 2.89. The maximum absolute atomic E-state index is 12.3. The lowest BCUT2D eigenvalue weighted by atomic mass is 10.1. The molecule has 0 fully saturated rings. The van der Waals surface area contributed by atoms with E-state index in [0.29, 0.717) is 43.0 Å². The van der Waals surface area contributed by atoms with Crippen molar-refractivity contribution in [3.8, 4) is 0 Å². The summed E-state index contributed by atoms with van der Waals surface area (Å²) < 4.78 is 22.5. The van der Waals surface area contributed by atoms with E-state index in [0.717, 1.165) is 6.42 Å². The third-order valence-corrected chi connectivity index (χ3v) is 5.48. The zero-order valence-electron chi connectivity index (χ0n) is 16.6. The molecule has 1 heterocycles. The van der Waals surface area contributed by atoms with Crippen LogP contribution in [0, 0.1) is 0 Å². The summed E-state index contributed by atoms with van der Waals surface area (Å²) in [5.74, 6) is 0.261. The highest BCUT2D eigenvalue weighted by Gasteiger charge is 2.34. The zero-order chi connectivity index (χ0) is 20.7. The molecule has 0 saturated heterocycles. The highest BCUT2D eigenvalue weighted by molar-refractivity contribution is 7.90. The Kier molecular flexibility index (Phi) is 7.56. The molecule has 154 valence electrons. The summed E-state index contributed by atoms with van der Waals surface area (Å²) in [4.78, 5) is 30.0. The van der Waals surface area contributed by atoms with Crippen LogP contribution in [0.1, 0.15) is 46.9 Å². The average molecular weight is 409 g/mol. The van der Waals surface area contributed by atoms with Crippen molar-refractivity contribution in [1.82, 2.24) is 15.5 Å². The van der Waals surface area contributed by atoms with E-state index in [-0.39, 0.29) is 23.6 Å². The number of nitrogens with one attached hydrogen (secondary N) is 2. The molecule has 1 aromatic rings. The number of benzene rings is 1. The molecule has 0 saturated carbocycles. The number of fused-ring (bicyclic) bond motifs is 1. The minimum atomic E-state index is -2.98. The number of hydrogen-bond acceptors (Lipinski definition) is 5. The predicted octanol–water partition coefficient (Wildman–Crippen LogP) is 1.05. The van der Waals surface area contributed by atoms with Crippen molar-refractivity contribution in [3.05, 3.63) is 35.4 Å². The summed E-state index contributed by atoms with van der Waals surface area (Å²) in [6, 6.07) is 6.84. The number of carbonyl (C=O) groups is 2. The maximum Gasteiger partial charge on any atom is 0.261 e. The van der Waals surface area contributed by atoms with Gasteiger partial charge in [-0.2, -0.15) is 0 Å². The summed E-state index contributed by atoms with van der Waals surface area (Å²) in [5.41, 5.74) is 0.941. The summed E-state index contributed by atoms with van der Waals surface area (Å²) in [5, 5.41) is 6.32. The molecule has 1 aliphatic rings. The van der Waals surface area contributed by atoms with Crippen LogP contribution in [0.15, 0.2) is 29.3 Å². The van der Waals surface area contributed by atoms with Gasteiger partial charge in [-0.15, -0.1) is 0 Å². The summed E-state index contributed by atoms with van der Waals surface area (Å²) in [6.45, 7) is 2.91. The van der Waals surface area contributed by atoms with Gasteiger partial charge in [0.1, 0.15) is 9.84 Å². The van der Waals surface area contributed by atoms with E-state index < -0.39 is 9.84 Å². The van der Waals surface area contributed by atoms with Gasteiger partial charge in [-0.1, -0.05) is 12.1 Å². The van der Waals surface area contributed by atoms with E-state index in [4.69, 9.17) is 0 Å². The molecule has 9 heteroatoms. The number of carbonyl (C=O) groups excluding carboxylic acids is 2. The lowest BCUT2D eigenvalue weighted by Gasteiger charge is -2.18. The fourth-order valence-electron chi connectivity index (χ4n) is 2.93. The first-order chi connectivity index (χ1) is 13.2. The Morgan fingerprint density at radius 2 is 1.75 bits per heavy atom. The first-order valence-electron chi connectivity index (χ1n) is 9.33. The molecule has 1 aromatic carbocycles. The van der Waals surface area contributed by atoms with Gasteiger partial charge in [0.15, 0.2) is 5.96 Å². The van der Waals surface area contributed by atoms with Gasteiger partial charge in [0, 0.05) is 32.4 Å². The van der Waals surface area contributed by atoms with Gasteiger partial charge in [-0.25, -0.2) is 8.42 Å². The van der Waals surface area contributed by atoms with Crippen LogP contribution in [0.5, 0.6) is 0 Å². The van der Waals surface area contributed by atoms with Crippen molar-refractivity contribution >= 4 is 27.6 Å². The van der Waals surface area contributed by atoms with Crippen LogP contribution >= 0.6 is 0 Å². The van der Waals surface area contributed by atoms with Gasteiger partial charge in [0.25, 0.3) is 11.8 Å². The Morgan fingerprint density at radius 1 is 1.14 bits per heavy atom. The van der Waals surface area contributed by atoms with Crippen LogP contribution in [0.3, 0.4) is 0 Å². The number of hydrogen-bond donors (Lipinski definition) is 2. The third-order valence-electron chi connectivity index (χ3n) is 4.51. The van der Waals surface area contributed by atoms with Crippen molar-refractivity contribution in [1.29, 1.82) is 0 Å². The monoisotopic (exact) mass is 408 g/mol. The van der Waals surface area contributed by atoms with Crippen molar-refractivity contribution in [2.75, 3.05) is 32.1 Å². The Morgan fingerprint density at radius 3 is 2.29 bits per heavy atom. The molecule has 8 nitrogen and oxygen atoms in total. The molecule has 1 atom stereocenters. The summed E-state index contributed by atoms with van der Waals surface area (Å²) in [6.07, 6.45) is 3.16. The van der Waals surface area contributed by atoms with Crippen molar-refractivity contribution in [3.63, 3.8) is 0 Å². The van der Waals surface area contributed by atoms with Gasteiger partial charge in [0.05, 0.1) is 16.9 Å². The molecular formula is C19H28N4O4S. The topological polar surface area (TPSA) is 108 Å². The minimum Gasteiger partial charge on any atom is -0.356 e. The molecule has 28 heavy (non-hydrogen) atoms. The molecule has 1 unspecified atom stereocenters. The van der Waals surface area contributed by atoms with E-state index in [9.17, 15) is 18.0 Å². The van der Waals surface area contributed by atoms with Crippen LogP contribution in [0.25, 0.3) is 0 Å². The van der Waals surface area contributed by atoms with Crippen molar-refractivity contribution < 1.29 is 18.0 Å². The maximum atomic E-state index is 12.3. The number of imide groups is 1. The van der Waals surface area contributed by atoms with Crippen LogP contribution < -0.4 is 10.6 Å². The van der Waals surface area contributed by atoms with Crippen molar-refractivity contribution in [2.45, 2.75) is 32.2 Å². The molecular weight excluding hydrogens is 380 g/mol. The molecule has 2 amide bonds. The second-order valence-corrected chi connectivity index (χ2v) is 9.24. The van der Waals surface area contributed by atoms with Gasteiger partial charge < -0.3 is 10.6 Å². The normalized spacial score (nSPS) is 15.5. The smallest absolute Gasteiger partial charge is 0.261 e. The van der Waals surface area contributed by atoms with E-state index in [1.807, 2.05) is 6.92 Å². The summed E-state index contributed by atoms with van der Waals surface area (Å²) >= 11 is 0.